The number of hydrogen-bond donors (Lipinski definition) is 1. The number of halogens is 1. The minimum absolute atomic E-state index is 0. The van der Waals surface area contributed by atoms with Crippen molar-refractivity contribution in [2.24, 2.45) is 4.99 Å². The number of para-hydroxylation sites is 1. The van der Waals surface area contributed by atoms with Crippen LogP contribution in [0.5, 0.6) is 5.75 Å². The quantitative estimate of drug-likeness (QED) is 0.298. The summed E-state index contributed by atoms with van der Waals surface area (Å²) in [6, 6.07) is 16.0. The number of aliphatic imine (C=N–C) groups is 1. The Hall–Kier alpha value is -2.03. The summed E-state index contributed by atoms with van der Waals surface area (Å²) in [5.74, 6) is 2.93. The van der Waals surface area contributed by atoms with Crippen molar-refractivity contribution in [3.8, 4) is 5.75 Å². The number of hydrogen-bond acceptors (Lipinski definition) is 4. The third-order valence-electron chi connectivity index (χ3n) is 4.38. The van der Waals surface area contributed by atoms with E-state index in [9.17, 15) is 0 Å². The van der Waals surface area contributed by atoms with Gasteiger partial charge >= 0.3 is 0 Å². The van der Waals surface area contributed by atoms with E-state index in [-0.39, 0.29) is 24.0 Å². The van der Waals surface area contributed by atoms with Gasteiger partial charge in [0.15, 0.2) is 5.96 Å². The molecule has 1 aromatic carbocycles. The summed E-state index contributed by atoms with van der Waals surface area (Å²) in [6.45, 7) is 5.33. The van der Waals surface area contributed by atoms with Crippen molar-refractivity contribution in [3.63, 3.8) is 0 Å². The number of rotatable bonds is 6. The highest BCUT2D eigenvalue weighted by Crippen LogP contribution is 2.12. The number of guanidine groups is 1. The maximum atomic E-state index is 5.72. The van der Waals surface area contributed by atoms with E-state index in [0.717, 1.165) is 56.7 Å². The summed E-state index contributed by atoms with van der Waals surface area (Å²) < 4.78 is 5.72. The molecule has 1 saturated heterocycles. The Bertz CT molecular complexity index is 675. The number of nitrogens with zero attached hydrogens (tertiary/aromatic N) is 4. The lowest BCUT2D eigenvalue weighted by atomic mass is 10.3. The Morgan fingerprint density at radius 2 is 1.81 bits per heavy atom. The minimum Gasteiger partial charge on any atom is -0.494 e. The second kappa shape index (κ2) is 11.6. The van der Waals surface area contributed by atoms with Gasteiger partial charge in [-0.1, -0.05) is 24.3 Å². The molecule has 1 aromatic heterocycles. The highest BCUT2D eigenvalue weighted by atomic mass is 127. The van der Waals surface area contributed by atoms with Crippen molar-refractivity contribution in [3.05, 3.63) is 54.7 Å². The van der Waals surface area contributed by atoms with E-state index in [2.05, 4.69) is 31.2 Å². The fourth-order valence-electron chi connectivity index (χ4n) is 3.00. The molecule has 0 unspecified atom stereocenters. The van der Waals surface area contributed by atoms with Crippen LogP contribution in [-0.4, -0.2) is 62.2 Å². The molecule has 0 radical (unpaired) electrons. The van der Waals surface area contributed by atoms with E-state index in [0.29, 0.717) is 6.61 Å². The zero-order valence-corrected chi connectivity index (χ0v) is 18.1. The first kappa shape index (κ1) is 21.3. The molecule has 0 spiro atoms. The highest BCUT2D eigenvalue weighted by molar-refractivity contribution is 14.0. The maximum absolute atomic E-state index is 5.72. The summed E-state index contributed by atoms with van der Waals surface area (Å²) in [4.78, 5) is 13.5. The smallest absolute Gasteiger partial charge is 0.193 e. The van der Waals surface area contributed by atoms with Crippen LogP contribution in [0.1, 0.15) is 6.42 Å². The minimum atomic E-state index is 0. The molecule has 0 bridgehead atoms. The van der Waals surface area contributed by atoms with Gasteiger partial charge in [-0.2, -0.15) is 0 Å². The first-order valence-electron chi connectivity index (χ1n) is 9.16. The molecule has 2 heterocycles. The van der Waals surface area contributed by atoms with E-state index in [1.54, 1.807) is 0 Å². The van der Waals surface area contributed by atoms with E-state index < -0.39 is 0 Å². The van der Waals surface area contributed by atoms with Gasteiger partial charge < -0.3 is 19.9 Å². The van der Waals surface area contributed by atoms with Crippen LogP contribution in [0.25, 0.3) is 0 Å². The lowest BCUT2D eigenvalue weighted by Crippen LogP contribution is -2.52. The molecular formula is C20H28IN5O. The van der Waals surface area contributed by atoms with Gasteiger partial charge in [-0.25, -0.2) is 4.98 Å². The normalized spacial score (nSPS) is 14.5. The van der Waals surface area contributed by atoms with Gasteiger partial charge in [0.25, 0.3) is 0 Å². The molecule has 6 nitrogen and oxygen atoms in total. The molecule has 2 aromatic rings. The predicted octanol–water partition coefficient (Wildman–Crippen LogP) is 2.87. The van der Waals surface area contributed by atoms with Crippen molar-refractivity contribution < 1.29 is 4.74 Å². The van der Waals surface area contributed by atoms with Crippen molar-refractivity contribution in [1.29, 1.82) is 0 Å². The largest absolute Gasteiger partial charge is 0.494 e. The first-order valence-corrected chi connectivity index (χ1v) is 9.16. The molecule has 0 atom stereocenters. The fourth-order valence-corrected chi connectivity index (χ4v) is 3.00. The average molecular weight is 481 g/mol. The molecule has 0 aliphatic carbocycles. The fraction of sp³-hybridized carbons (Fsp3) is 0.400. The number of ether oxygens (including phenoxy) is 1. The Labute approximate surface area is 178 Å². The zero-order valence-electron chi connectivity index (χ0n) is 15.8. The Kier molecular flexibility index (Phi) is 9.17. The zero-order chi connectivity index (χ0) is 18.0. The van der Waals surface area contributed by atoms with Crippen LogP contribution in [0, 0.1) is 0 Å². The number of piperazine rings is 1. The SMILES string of the molecule is CN=C(NCCCOc1ccccc1)N1CCN(c2ccccn2)CC1.I. The van der Waals surface area contributed by atoms with E-state index in [4.69, 9.17) is 4.74 Å². The molecule has 1 fully saturated rings. The molecule has 3 rings (SSSR count). The summed E-state index contributed by atoms with van der Waals surface area (Å²) in [5, 5.41) is 3.44. The Morgan fingerprint density at radius 1 is 1.07 bits per heavy atom. The van der Waals surface area contributed by atoms with Gasteiger partial charge in [0.2, 0.25) is 0 Å². The van der Waals surface area contributed by atoms with Gasteiger partial charge in [0.05, 0.1) is 6.61 Å². The number of pyridine rings is 1. The molecule has 7 heteroatoms. The predicted molar refractivity (Wildman–Crippen MR) is 121 cm³/mol. The molecule has 146 valence electrons. The van der Waals surface area contributed by atoms with Crippen LogP contribution in [0.15, 0.2) is 59.7 Å². The van der Waals surface area contributed by atoms with Crippen molar-refractivity contribution >= 4 is 35.8 Å². The van der Waals surface area contributed by atoms with Crippen LogP contribution in [0.3, 0.4) is 0 Å². The Balaban J connectivity index is 0.00000261. The van der Waals surface area contributed by atoms with Gasteiger partial charge in [-0.3, -0.25) is 4.99 Å². The highest BCUT2D eigenvalue weighted by Gasteiger charge is 2.20. The van der Waals surface area contributed by atoms with E-state index in [1.807, 2.05) is 55.7 Å². The summed E-state index contributed by atoms with van der Waals surface area (Å²) in [6.07, 6.45) is 2.78. The summed E-state index contributed by atoms with van der Waals surface area (Å²) in [7, 11) is 1.84. The first-order chi connectivity index (χ1) is 12.9. The second-order valence-corrected chi connectivity index (χ2v) is 6.15. The van der Waals surface area contributed by atoms with Crippen LogP contribution < -0.4 is 15.0 Å². The third-order valence-corrected chi connectivity index (χ3v) is 4.38. The van der Waals surface area contributed by atoms with Crippen molar-refractivity contribution in [2.45, 2.75) is 6.42 Å². The van der Waals surface area contributed by atoms with Crippen LogP contribution in [0.4, 0.5) is 5.82 Å². The molecule has 0 saturated carbocycles. The molecule has 27 heavy (non-hydrogen) atoms. The van der Waals surface area contributed by atoms with Crippen LogP contribution in [0.2, 0.25) is 0 Å². The number of benzene rings is 1. The molecule has 0 amide bonds. The van der Waals surface area contributed by atoms with E-state index >= 15 is 0 Å². The molecule has 1 N–H and O–H groups in total. The van der Waals surface area contributed by atoms with Crippen LogP contribution in [-0.2, 0) is 0 Å². The van der Waals surface area contributed by atoms with Crippen LogP contribution >= 0.6 is 24.0 Å². The number of aromatic nitrogens is 1. The molecule has 1 aliphatic rings. The van der Waals surface area contributed by atoms with E-state index in [1.165, 1.54) is 0 Å². The Morgan fingerprint density at radius 3 is 2.48 bits per heavy atom. The van der Waals surface area contributed by atoms with Gasteiger partial charge in [0, 0.05) is 46.0 Å². The second-order valence-electron chi connectivity index (χ2n) is 6.15. The summed E-state index contributed by atoms with van der Waals surface area (Å²) in [5.41, 5.74) is 0. The topological polar surface area (TPSA) is 53.0 Å². The molecule has 1 aliphatic heterocycles. The monoisotopic (exact) mass is 481 g/mol. The van der Waals surface area contributed by atoms with Gasteiger partial charge in [0.1, 0.15) is 11.6 Å². The van der Waals surface area contributed by atoms with Gasteiger partial charge in [-0.05, 0) is 30.7 Å². The number of anilines is 1. The molecular weight excluding hydrogens is 453 g/mol. The lowest BCUT2D eigenvalue weighted by Gasteiger charge is -2.37. The lowest BCUT2D eigenvalue weighted by molar-refractivity contribution is 0.309. The number of nitrogens with one attached hydrogen (secondary N) is 1. The average Bonchev–Trinajstić information content (AvgIpc) is 2.72. The summed E-state index contributed by atoms with van der Waals surface area (Å²) >= 11 is 0. The van der Waals surface area contributed by atoms with Crippen molar-refractivity contribution in [2.75, 3.05) is 51.3 Å². The van der Waals surface area contributed by atoms with Gasteiger partial charge in [-0.15, -0.1) is 24.0 Å². The maximum Gasteiger partial charge on any atom is 0.193 e. The standard InChI is InChI=1S/C20H27N5O.HI/c1-21-20(23-12-7-17-26-18-8-3-2-4-9-18)25-15-13-24(14-16-25)19-10-5-6-11-22-19;/h2-6,8-11H,7,12-17H2,1H3,(H,21,23);1H. The van der Waals surface area contributed by atoms with Crippen molar-refractivity contribution in [1.82, 2.24) is 15.2 Å². The third kappa shape index (κ3) is 6.57.